The molecule has 9 unspecified atom stereocenters. The molecule has 0 saturated carbocycles. The zero-order valence-electron chi connectivity index (χ0n) is 25.6. The second-order valence-electron chi connectivity index (χ2n) is 11.6. The van der Waals surface area contributed by atoms with Gasteiger partial charge >= 0.3 is 0 Å². The predicted molar refractivity (Wildman–Crippen MR) is 161 cm³/mol. The number of phenolic OH excluding ortho intramolecular Hbond substituents is 2. The number of benzene rings is 2. The molecule has 0 radical (unpaired) electrons. The number of methoxy groups -OCH3 is 1. The summed E-state index contributed by atoms with van der Waals surface area (Å²) in [5.41, 5.74) is 0.553. The Morgan fingerprint density at radius 3 is 2.30 bits per heavy atom. The minimum absolute atomic E-state index is 0.0914. The molecule has 9 atom stereocenters. The Labute approximate surface area is 263 Å². The summed E-state index contributed by atoms with van der Waals surface area (Å²) in [6, 6.07) is 7.42. The van der Waals surface area contributed by atoms with E-state index in [0.29, 0.717) is 11.3 Å². The van der Waals surface area contributed by atoms with Crippen LogP contribution in [0.2, 0.25) is 0 Å². The Balaban J connectivity index is 1.63. The van der Waals surface area contributed by atoms with E-state index in [4.69, 9.17) is 28.1 Å². The number of rotatable bonds is 8. The molecule has 2 aromatic carbocycles. The molecule has 0 bridgehead atoms. The molecule has 250 valence electrons. The van der Waals surface area contributed by atoms with E-state index in [9.17, 15) is 40.5 Å². The van der Waals surface area contributed by atoms with Gasteiger partial charge in [0.1, 0.15) is 58.7 Å². The first kappa shape index (κ1) is 33.6. The number of aliphatic hydroxyl groups excluding tert-OH is 5. The number of phenols is 2. The van der Waals surface area contributed by atoms with Crippen molar-refractivity contribution in [3.8, 4) is 34.3 Å². The molecule has 0 amide bonds. The number of hydrogen-bond acceptors (Lipinski definition) is 14. The van der Waals surface area contributed by atoms with Crippen molar-refractivity contribution in [3.63, 3.8) is 0 Å². The summed E-state index contributed by atoms with van der Waals surface area (Å²) < 4.78 is 34.5. The molecule has 2 aliphatic heterocycles. The zero-order chi connectivity index (χ0) is 33.4. The Morgan fingerprint density at radius 1 is 0.957 bits per heavy atom. The Kier molecular flexibility index (Phi) is 9.91. The summed E-state index contributed by atoms with van der Waals surface area (Å²) in [6.45, 7) is 4.71. The fourth-order valence-corrected chi connectivity index (χ4v) is 5.32. The lowest BCUT2D eigenvalue weighted by molar-refractivity contribution is -0.344. The third kappa shape index (κ3) is 6.43. The number of ether oxygens (including phenoxy) is 5. The van der Waals surface area contributed by atoms with Crippen LogP contribution in [0.1, 0.15) is 26.3 Å². The molecule has 3 heterocycles. The van der Waals surface area contributed by atoms with Crippen LogP contribution in [0, 0.1) is 0 Å². The van der Waals surface area contributed by atoms with E-state index in [1.165, 1.54) is 14.0 Å². The van der Waals surface area contributed by atoms with Gasteiger partial charge in [-0.25, -0.2) is 0 Å². The van der Waals surface area contributed by atoms with Crippen molar-refractivity contribution in [2.24, 2.45) is 0 Å². The topological polar surface area (TPSA) is 218 Å². The van der Waals surface area contributed by atoms with Gasteiger partial charge in [0.05, 0.1) is 19.8 Å². The second-order valence-corrected chi connectivity index (χ2v) is 11.6. The monoisotopic (exact) mass is 646 g/mol. The Bertz CT molecular complexity index is 1630. The highest BCUT2D eigenvalue weighted by atomic mass is 16.8. The first-order valence-corrected chi connectivity index (χ1v) is 14.6. The highest BCUT2D eigenvalue weighted by Gasteiger charge is 2.48. The molecule has 46 heavy (non-hydrogen) atoms. The molecule has 0 aliphatic carbocycles. The molecule has 3 aromatic rings. The predicted octanol–water partition coefficient (Wildman–Crippen LogP) is 1.06. The minimum Gasteiger partial charge on any atom is -0.507 e. The van der Waals surface area contributed by atoms with E-state index in [0.717, 1.165) is 11.6 Å². The van der Waals surface area contributed by atoms with E-state index in [1.54, 1.807) is 24.3 Å². The van der Waals surface area contributed by atoms with Gasteiger partial charge in [-0.15, -0.1) is 0 Å². The highest BCUT2D eigenvalue weighted by molar-refractivity contribution is 5.91. The van der Waals surface area contributed by atoms with Crippen LogP contribution in [0.25, 0.3) is 22.3 Å². The molecule has 14 heteroatoms. The summed E-state index contributed by atoms with van der Waals surface area (Å²) in [4.78, 5) is 14.2. The smallest absolute Gasteiger partial charge is 0.239 e. The van der Waals surface area contributed by atoms with Crippen molar-refractivity contribution in [1.29, 1.82) is 0 Å². The maximum absolute atomic E-state index is 14.2. The van der Waals surface area contributed by atoms with Crippen molar-refractivity contribution in [2.75, 3.05) is 13.7 Å². The van der Waals surface area contributed by atoms with Crippen molar-refractivity contribution >= 4 is 11.0 Å². The van der Waals surface area contributed by atoms with E-state index >= 15 is 0 Å². The Hall–Kier alpha value is -3.73. The van der Waals surface area contributed by atoms with Crippen molar-refractivity contribution in [1.82, 2.24) is 0 Å². The Morgan fingerprint density at radius 2 is 1.65 bits per heavy atom. The quantitative estimate of drug-likeness (QED) is 0.170. The molecule has 5 rings (SSSR count). The fraction of sp³-hybridized carbons (Fsp3) is 0.469. The third-order valence-electron chi connectivity index (χ3n) is 8.01. The summed E-state index contributed by atoms with van der Waals surface area (Å²) >= 11 is 0. The van der Waals surface area contributed by atoms with Gasteiger partial charge in [0.2, 0.25) is 17.5 Å². The number of aliphatic hydroxyl groups is 5. The molecule has 7 N–H and O–H groups in total. The summed E-state index contributed by atoms with van der Waals surface area (Å²) in [6.07, 6.45) is -11.9. The van der Waals surface area contributed by atoms with Gasteiger partial charge in [-0.05, 0) is 51.5 Å². The van der Waals surface area contributed by atoms with Crippen LogP contribution in [0.5, 0.6) is 23.0 Å². The van der Waals surface area contributed by atoms with Gasteiger partial charge < -0.3 is 63.8 Å². The average molecular weight is 647 g/mol. The maximum Gasteiger partial charge on any atom is 0.239 e. The van der Waals surface area contributed by atoms with Gasteiger partial charge in [-0.2, -0.15) is 0 Å². The van der Waals surface area contributed by atoms with E-state index in [1.807, 2.05) is 19.9 Å². The number of aromatic hydroxyl groups is 2. The lowest BCUT2D eigenvalue weighted by atomic mass is 9.99. The SMILES string of the molecule is COc1ccc(-c2oc3c(CC=C(C)C)c(O)cc(O)c3c(=O)c2OC2OCC(O)C(O)C2OC2OC(C)C(O)C(O)C2O)cc1. The molecule has 1 aromatic heterocycles. The molecule has 2 fully saturated rings. The number of hydrogen-bond donors (Lipinski definition) is 7. The zero-order valence-corrected chi connectivity index (χ0v) is 25.6. The van der Waals surface area contributed by atoms with Crippen LogP contribution >= 0.6 is 0 Å². The first-order chi connectivity index (χ1) is 21.8. The maximum atomic E-state index is 14.2. The van der Waals surface area contributed by atoms with Gasteiger partial charge in [-0.3, -0.25) is 4.79 Å². The fourth-order valence-electron chi connectivity index (χ4n) is 5.32. The first-order valence-electron chi connectivity index (χ1n) is 14.6. The second kappa shape index (κ2) is 13.6. The summed E-state index contributed by atoms with van der Waals surface area (Å²) in [7, 11) is 1.48. The average Bonchev–Trinajstić information content (AvgIpc) is 3.02. The normalized spacial score (nSPS) is 29.8. The van der Waals surface area contributed by atoms with Crippen LogP contribution in [0.3, 0.4) is 0 Å². The van der Waals surface area contributed by atoms with E-state index < -0.39 is 78.8 Å². The van der Waals surface area contributed by atoms with Crippen molar-refractivity contribution in [3.05, 3.63) is 57.8 Å². The molecule has 14 nitrogen and oxygen atoms in total. The summed E-state index contributed by atoms with van der Waals surface area (Å²) in [5, 5.41) is 73.4. The largest absolute Gasteiger partial charge is 0.507 e. The molecular formula is C32H38O14. The van der Waals surface area contributed by atoms with Gasteiger partial charge in [-0.1, -0.05) is 11.6 Å². The highest BCUT2D eigenvalue weighted by Crippen LogP contribution is 2.40. The van der Waals surface area contributed by atoms with Gasteiger partial charge in [0.25, 0.3) is 0 Å². The van der Waals surface area contributed by atoms with Crippen LogP contribution in [-0.4, -0.2) is 105 Å². The van der Waals surface area contributed by atoms with Crippen LogP contribution < -0.4 is 14.9 Å². The van der Waals surface area contributed by atoms with Gasteiger partial charge in [0.15, 0.2) is 18.2 Å². The molecule has 0 spiro atoms. The molecule has 2 aliphatic rings. The van der Waals surface area contributed by atoms with Crippen molar-refractivity contribution in [2.45, 2.75) is 82.5 Å². The lowest BCUT2D eigenvalue weighted by Crippen LogP contribution is -2.62. The van der Waals surface area contributed by atoms with Crippen molar-refractivity contribution < 1.29 is 63.8 Å². The lowest BCUT2D eigenvalue weighted by Gasteiger charge is -2.43. The number of allylic oxidation sites excluding steroid dienone is 2. The van der Waals surface area contributed by atoms with E-state index in [2.05, 4.69) is 0 Å². The van der Waals surface area contributed by atoms with Crippen LogP contribution in [0.15, 0.2) is 51.2 Å². The minimum atomic E-state index is -1.76. The number of fused-ring (bicyclic) bond motifs is 1. The molecular weight excluding hydrogens is 608 g/mol. The van der Waals surface area contributed by atoms with E-state index in [-0.39, 0.29) is 34.5 Å². The van der Waals surface area contributed by atoms with Crippen LogP contribution in [-0.2, 0) is 20.6 Å². The standard InChI is InChI=1S/C32H38O14/c1-13(2)5-10-17-18(33)11-19(34)21-24(38)29(27(44-28(17)21)15-6-8-16(41-4)9-7-15)45-32-30(23(37)20(35)12-42-32)46-31-26(40)25(39)22(36)14(3)43-31/h5-9,11,14,20,22-23,25-26,30-37,39-40H,10,12H2,1-4H3. The van der Waals surface area contributed by atoms with Crippen LogP contribution in [0.4, 0.5) is 0 Å². The molecule has 2 saturated heterocycles. The van der Waals surface area contributed by atoms with Gasteiger partial charge in [0, 0.05) is 17.2 Å². The summed E-state index contributed by atoms with van der Waals surface area (Å²) in [5.74, 6) is -0.978. The third-order valence-corrected chi connectivity index (χ3v) is 8.01.